The highest BCUT2D eigenvalue weighted by Crippen LogP contribution is 2.34. The van der Waals surface area contributed by atoms with Gasteiger partial charge < -0.3 is 10.1 Å². The van der Waals surface area contributed by atoms with E-state index in [2.05, 4.69) is 16.4 Å². The molecule has 0 aliphatic heterocycles. The summed E-state index contributed by atoms with van der Waals surface area (Å²) in [6, 6.07) is 24.5. The zero-order chi connectivity index (χ0) is 25.0. The van der Waals surface area contributed by atoms with Crippen LogP contribution in [0.25, 0.3) is 22.3 Å². The third kappa shape index (κ3) is 5.58. The Bertz CT molecular complexity index is 1490. The zero-order valence-electron chi connectivity index (χ0n) is 19.8. The molecule has 3 aromatic carbocycles. The summed E-state index contributed by atoms with van der Waals surface area (Å²) >= 11 is 0. The summed E-state index contributed by atoms with van der Waals surface area (Å²) in [7, 11) is -1.77. The molecule has 0 saturated heterocycles. The molecule has 180 valence electrons. The predicted molar refractivity (Wildman–Crippen MR) is 139 cm³/mol. The van der Waals surface area contributed by atoms with Crippen LogP contribution in [0.5, 0.6) is 5.75 Å². The van der Waals surface area contributed by atoms with E-state index in [0.29, 0.717) is 11.3 Å². The van der Waals surface area contributed by atoms with Crippen LogP contribution in [0.4, 0.5) is 0 Å². The highest BCUT2D eigenvalue weighted by molar-refractivity contribution is 7.90. The summed E-state index contributed by atoms with van der Waals surface area (Å²) in [5.74, 6) is 0.422. The van der Waals surface area contributed by atoms with Gasteiger partial charge in [0.1, 0.15) is 5.75 Å². The van der Waals surface area contributed by atoms with Crippen LogP contribution in [-0.4, -0.2) is 32.7 Å². The van der Waals surface area contributed by atoms with Gasteiger partial charge in [-0.3, -0.25) is 9.78 Å². The van der Waals surface area contributed by atoms with Gasteiger partial charge >= 0.3 is 0 Å². The Morgan fingerprint density at radius 2 is 1.69 bits per heavy atom. The lowest BCUT2D eigenvalue weighted by molar-refractivity contribution is 0.0950. The molecule has 1 amide bonds. The molecule has 4 aromatic rings. The van der Waals surface area contributed by atoms with Crippen molar-refractivity contribution in [1.29, 1.82) is 0 Å². The Labute approximate surface area is 207 Å². The largest absolute Gasteiger partial charge is 0.496 e. The van der Waals surface area contributed by atoms with Crippen molar-refractivity contribution in [2.45, 2.75) is 18.4 Å². The summed E-state index contributed by atoms with van der Waals surface area (Å²) in [5, 5.41) is 2.83. The van der Waals surface area contributed by atoms with Crippen LogP contribution in [0.1, 0.15) is 23.0 Å². The maximum Gasteiger partial charge on any atom is 0.251 e. The molecule has 35 heavy (non-hydrogen) atoms. The summed E-state index contributed by atoms with van der Waals surface area (Å²) < 4.78 is 29.5. The molecule has 1 heterocycles. The Morgan fingerprint density at radius 1 is 0.943 bits per heavy atom. The normalized spacial score (nSPS) is 11.2. The SMILES string of the molecule is COc1ccc(-c2ccnc(CNC(=O)c3ccc(C)c(S(C)(=O)=O)c3)c2)cc1-c1ccccc1.[HH]. The lowest BCUT2D eigenvalue weighted by atomic mass is 9.98. The van der Waals surface area contributed by atoms with Crippen molar-refractivity contribution in [3.05, 3.63) is 102 Å². The number of aromatic nitrogens is 1. The quantitative estimate of drug-likeness (QED) is 0.381. The molecule has 0 unspecified atom stereocenters. The smallest absolute Gasteiger partial charge is 0.251 e. The van der Waals surface area contributed by atoms with Gasteiger partial charge in [-0.2, -0.15) is 0 Å². The lowest BCUT2D eigenvalue weighted by Crippen LogP contribution is -2.23. The highest BCUT2D eigenvalue weighted by Gasteiger charge is 2.15. The number of nitrogens with zero attached hydrogens (tertiary/aromatic N) is 1. The molecule has 0 bridgehead atoms. The lowest BCUT2D eigenvalue weighted by Gasteiger charge is -2.12. The number of hydrogen-bond donors (Lipinski definition) is 1. The first-order valence-electron chi connectivity index (χ1n) is 11.0. The van der Waals surface area contributed by atoms with Crippen molar-refractivity contribution in [2.75, 3.05) is 13.4 Å². The van der Waals surface area contributed by atoms with Crippen LogP contribution < -0.4 is 10.1 Å². The van der Waals surface area contributed by atoms with Crippen molar-refractivity contribution in [2.24, 2.45) is 0 Å². The first-order chi connectivity index (χ1) is 16.8. The number of ether oxygens (including phenoxy) is 1. The molecule has 0 aliphatic carbocycles. The summed E-state index contributed by atoms with van der Waals surface area (Å²) in [5.41, 5.74) is 5.57. The van der Waals surface area contributed by atoms with E-state index in [1.54, 1.807) is 32.4 Å². The first-order valence-corrected chi connectivity index (χ1v) is 12.9. The number of pyridine rings is 1. The molecule has 1 aromatic heterocycles. The van der Waals surface area contributed by atoms with E-state index < -0.39 is 9.84 Å². The number of carbonyl (C=O) groups excluding carboxylic acids is 1. The Kier molecular flexibility index (Phi) is 6.98. The summed E-state index contributed by atoms with van der Waals surface area (Å²) in [6.07, 6.45) is 2.84. The van der Waals surface area contributed by atoms with Crippen molar-refractivity contribution in [1.82, 2.24) is 10.3 Å². The molecular weight excluding hydrogens is 460 g/mol. The van der Waals surface area contributed by atoms with Gasteiger partial charge in [-0.15, -0.1) is 0 Å². The van der Waals surface area contributed by atoms with Crippen LogP contribution in [0.15, 0.2) is 90.0 Å². The molecule has 4 rings (SSSR count). The second kappa shape index (κ2) is 10.1. The topological polar surface area (TPSA) is 85.4 Å². The minimum atomic E-state index is -3.42. The van der Waals surface area contributed by atoms with Crippen LogP contribution >= 0.6 is 0 Å². The monoisotopic (exact) mass is 488 g/mol. The fraction of sp³-hybridized carbons (Fsp3) is 0.143. The van der Waals surface area contributed by atoms with Crippen LogP contribution in [-0.2, 0) is 16.4 Å². The minimum Gasteiger partial charge on any atom is -0.496 e. The van der Waals surface area contributed by atoms with Crippen molar-refractivity contribution >= 4 is 15.7 Å². The second-order valence-corrected chi connectivity index (χ2v) is 10.2. The molecule has 7 heteroatoms. The van der Waals surface area contributed by atoms with Crippen LogP contribution in [0.3, 0.4) is 0 Å². The van der Waals surface area contributed by atoms with Gasteiger partial charge in [0, 0.05) is 25.0 Å². The fourth-order valence-electron chi connectivity index (χ4n) is 3.90. The number of aryl methyl sites for hydroxylation is 1. The number of nitrogens with one attached hydrogen (secondary N) is 1. The average molecular weight is 489 g/mol. The highest BCUT2D eigenvalue weighted by atomic mass is 32.2. The molecule has 1 N–H and O–H groups in total. The Morgan fingerprint density at radius 3 is 2.40 bits per heavy atom. The number of methoxy groups -OCH3 is 1. The maximum atomic E-state index is 12.7. The molecule has 0 aliphatic rings. The van der Waals surface area contributed by atoms with Gasteiger partial charge in [-0.05, 0) is 65.6 Å². The van der Waals surface area contributed by atoms with E-state index in [1.165, 1.54) is 6.07 Å². The molecule has 0 fully saturated rings. The van der Waals surface area contributed by atoms with E-state index in [4.69, 9.17) is 4.74 Å². The molecular formula is C28H28N2O4S. The number of rotatable bonds is 7. The fourth-order valence-corrected chi connectivity index (χ4v) is 4.89. The van der Waals surface area contributed by atoms with Crippen molar-refractivity contribution < 1.29 is 19.4 Å². The summed E-state index contributed by atoms with van der Waals surface area (Å²) in [4.78, 5) is 17.2. The molecule has 0 saturated carbocycles. The van der Waals surface area contributed by atoms with E-state index >= 15 is 0 Å². The van der Waals surface area contributed by atoms with Gasteiger partial charge in [0.2, 0.25) is 0 Å². The average Bonchev–Trinajstić information content (AvgIpc) is 2.87. The van der Waals surface area contributed by atoms with E-state index in [1.807, 2.05) is 54.6 Å². The van der Waals surface area contributed by atoms with Gasteiger partial charge in [-0.1, -0.05) is 42.5 Å². The van der Waals surface area contributed by atoms with Crippen molar-refractivity contribution in [3.63, 3.8) is 0 Å². The second-order valence-electron chi connectivity index (χ2n) is 8.25. The standard InChI is InChI=1S/C28H26N2O4S.H2/c1-19-9-10-23(17-27(19)35(3,32)33)28(31)30-18-24-15-22(13-14-29-24)21-11-12-26(34-2)25(16-21)20-7-5-4-6-8-20;/h4-17H,18H2,1-3H3,(H,30,31);1H. The number of sulfone groups is 1. The maximum absolute atomic E-state index is 12.7. The zero-order valence-corrected chi connectivity index (χ0v) is 20.6. The van der Waals surface area contributed by atoms with Gasteiger partial charge in [0.15, 0.2) is 9.84 Å². The number of benzene rings is 3. The Balaban J connectivity index is 0.00000361. The molecule has 0 atom stereocenters. The molecule has 0 radical (unpaired) electrons. The van der Waals surface area contributed by atoms with E-state index in [9.17, 15) is 13.2 Å². The molecule has 0 spiro atoms. The van der Waals surface area contributed by atoms with E-state index in [-0.39, 0.29) is 24.3 Å². The predicted octanol–water partition coefficient (Wildman–Crippen LogP) is 5.31. The van der Waals surface area contributed by atoms with Gasteiger partial charge in [0.05, 0.1) is 24.2 Å². The number of amides is 1. The number of hydrogen-bond acceptors (Lipinski definition) is 5. The third-order valence-corrected chi connectivity index (χ3v) is 6.95. The number of carbonyl (C=O) groups is 1. The van der Waals surface area contributed by atoms with Gasteiger partial charge in [-0.25, -0.2) is 8.42 Å². The Hall–Kier alpha value is -3.97. The van der Waals surface area contributed by atoms with Crippen LogP contribution in [0.2, 0.25) is 0 Å². The first kappa shape index (κ1) is 24.2. The molecule has 6 nitrogen and oxygen atoms in total. The van der Waals surface area contributed by atoms with Gasteiger partial charge in [0.25, 0.3) is 5.91 Å². The minimum absolute atomic E-state index is 0. The third-order valence-electron chi connectivity index (χ3n) is 5.71. The summed E-state index contributed by atoms with van der Waals surface area (Å²) in [6.45, 7) is 1.91. The van der Waals surface area contributed by atoms with Crippen molar-refractivity contribution in [3.8, 4) is 28.0 Å². The van der Waals surface area contributed by atoms with E-state index in [0.717, 1.165) is 34.3 Å². The van der Waals surface area contributed by atoms with Crippen LogP contribution in [0, 0.1) is 6.92 Å².